The molecule has 5 aliphatic rings. The molecule has 0 fully saturated rings. The minimum Gasteiger partial charge on any atom is -0.493 e. The van der Waals surface area contributed by atoms with Gasteiger partial charge in [0.25, 0.3) is 23.6 Å². The number of carbonyl (C=O) groups excluding carboxylic acids is 7. The zero-order chi connectivity index (χ0) is 48.5. The van der Waals surface area contributed by atoms with E-state index in [1.54, 1.807) is 35.5 Å². The number of ether oxygens (including phenoxy) is 5. The summed E-state index contributed by atoms with van der Waals surface area (Å²) in [5.74, 6) is -1.20. The molecule has 358 valence electrons. The third-order valence-electron chi connectivity index (χ3n) is 11.9. The Morgan fingerprint density at radius 3 is 2.18 bits per heavy atom. The van der Waals surface area contributed by atoms with Crippen molar-refractivity contribution in [2.24, 2.45) is 4.99 Å². The molecule has 5 heterocycles. The van der Waals surface area contributed by atoms with E-state index >= 15 is 0 Å². The second kappa shape index (κ2) is 22.1. The van der Waals surface area contributed by atoms with E-state index in [4.69, 9.17) is 23.7 Å². The number of Topliss-reactive ketones (excluding diaryl/α,β-unsaturated/α-hetero) is 2. The molecule has 0 unspecified atom stereocenters. The number of carbonyl (C=O) groups is 7. The van der Waals surface area contributed by atoms with Crippen molar-refractivity contribution in [3.8, 4) is 17.2 Å². The van der Waals surface area contributed by atoms with Crippen LogP contribution < -0.4 is 19.1 Å². The smallest absolute Gasteiger partial charge is 0.416 e. The first-order chi connectivity index (χ1) is 32.8. The van der Waals surface area contributed by atoms with Gasteiger partial charge in [0, 0.05) is 81.7 Å². The number of anilines is 1. The van der Waals surface area contributed by atoms with Gasteiger partial charge in [-0.25, -0.2) is 9.69 Å². The number of amides is 5. The molecule has 18 nitrogen and oxygen atoms in total. The number of aliphatic hydroxyl groups is 1. The number of aliphatic imine (C=N–C) groups is 1. The number of nitrogens with zero attached hydrogens (tertiary/aromatic N) is 5. The van der Waals surface area contributed by atoms with Gasteiger partial charge in [0.1, 0.15) is 11.5 Å². The first-order valence-electron chi connectivity index (χ1n) is 22.6. The molecule has 18 heteroatoms. The SMILES string of the molecule is C/C=C/C1=CN2C(=O)c3cc(C)c(OCCCOc4cc5c(cc4OC)C(=O)N4C=C(/C=C/C)C[C@H]4[C@H](O)N5C(=O)OCC(=O)CCOCCCC(=O)CCN4C(=O)C=CC4=O)cc3N=C[C@@H]2C1. The molecule has 0 radical (unpaired) electrons. The van der Waals surface area contributed by atoms with Crippen LogP contribution in [0.1, 0.15) is 85.1 Å². The number of ketones is 2. The molecular formula is C50H55N5O13. The highest BCUT2D eigenvalue weighted by Gasteiger charge is 2.45. The standard InChI is InChI=1S/C50H55N5O13/c1-5-9-32-22-34-27-51-39-25-42(31(3)21-37(39)47(60)53(34)28-32)66-18-8-19-67-44-26-40-38(24-43(44)64-4)48(61)54-29-33(10-6-2)23-41(54)49(62)55(40)50(63)68-30-36(57)15-20-65-17-7-11-35(56)14-16-52-45(58)12-13-46(52)59/h5-6,9-10,12-13,21,24-29,34,41,49,62H,7-8,11,14-20,22-23,30H2,1-4H3/b9-5+,10-6+/t34-,41-,49-/m0/s1. The van der Waals surface area contributed by atoms with E-state index in [-0.39, 0.29) is 99.1 Å². The number of hydrogen-bond acceptors (Lipinski definition) is 14. The van der Waals surface area contributed by atoms with Crippen molar-refractivity contribution in [1.29, 1.82) is 0 Å². The summed E-state index contributed by atoms with van der Waals surface area (Å²) in [6, 6.07) is 5.36. The molecule has 1 N–H and O–H groups in total. The maximum atomic E-state index is 14.1. The molecule has 0 aliphatic carbocycles. The highest BCUT2D eigenvalue weighted by molar-refractivity contribution is 6.13. The summed E-state index contributed by atoms with van der Waals surface area (Å²) in [7, 11) is 1.41. The molecule has 5 aliphatic heterocycles. The van der Waals surface area contributed by atoms with Crippen molar-refractivity contribution < 1.29 is 62.4 Å². The van der Waals surface area contributed by atoms with Gasteiger partial charge in [0.15, 0.2) is 30.1 Å². The predicted octanol–water partition coefficient (Wildman–Crippen LogP) is 5.83. The maximum Gasteiger partial charge on any atom is 0.416 e. The minimum absolute atomic E-state index is 0.00338. The maximum absolute atomic E-state index is 14.1. The molecule has 0 bridgehead atoms. The monoisotopic (exact) mass is 933 g/mol. The highest BCUT2D eigenvalue weighted by Crippen LogP contribution is 2.42. The number of hydrogen-bond donors (Lipinski definition) is 1. The van der Waals surface area contributed by atoms with Crippen LogP contribution in [0.3, 0.4) is 0 Å². The lowest BCUT2D eigenvalue weighted by molar-refractivity contribution is -0.137. The van der Waals surface area contributed by atoms with Crippen LogP contribution in [0, 0.1) is 6.92 Å². The Hall–Kier alpha value is -7.18. The summed E-state index contributed by atoms with van der Waals surface area (Å²) in [5.41, 5.74) is 3.59. The largest absolute Gasteiger partial charge is 0.493 e. The van der Waals surface area contributed by atoms with Gasteiger partial charge >= 0.3 is 6.09 Å². The third-order valence-corrected chi connectivity index (χ3v) is 11.9. The van der Waals surface area contributed by atoms with Crippen LogP contribution in [0.4, 0.5) is 16.2 Å². The van der Waals surface area contributed by atoms with Gasteiger partial charge in [-0.05, 0) is 68.9 Å². The van der Waals surface area contributed by atoms with Crippen LogP contribution in [0.5, 0.6) is 17.2 Å². The van der Waals surface area contributed by atoms with Crippen molar-refractivity contribution in [2.75, 3.05) is 51.6 Å². The van der Waals surface area contributed by atoms with E-state index in [2.05, 4.69) is 4.99 Å². The molecule has 3 atom stereocenters. The topological polar surface area (TPSA) is 211 Å². The Bertz CT molecular complexity index is 2520. The fourth-order valence-electron chi connectivity index (χ4n) is 8.42. The van der Waals surface area contributed by atoms with Crippen molar-refractivity contribution in [3.63, 3.8) is 0 Å². The molecule has 0 saturated carbocycles. The molecule has 0 saturated heterocycles. The van der Waals surface area contributed by atoms with Gasteiger partial charge < -0.3 is 38.6 Å². The Labute approximate surface area is 393 Å². The van der Waals surface area contributed by atoms with Gasteiger partial charge in [-0.1, -0.05) is 24.3 Å². The third kappa shape index (κ3) is 11.0. The fourth-order valence-corrected chi connectivity index (χ4v) is 8.42. The highest BCUT2D eigenvalue weighted by atomic mass is 16.6. The number of fused-ring (bicyclic) bond motifs is 4. The van der Waals surface area contributed by atoms with E-state index in [1.165, 1.54) is 24.1 Å². The summed E-state index contributed by atoms with van der Waals surface area (Å²) in [6.07, 6.45) is 14.3. The van der Waals surface area contributed by atoms with Gasteiger partial charge in [0.2, 0.25) is 0 Å². The van der Waals surface area contributed by atoms with Crippen LogP contribution in [0.2, 0.25) is 0 Å². The van der Waals surface area contributed by atoms with Gasteiger partial charge in [0.05, 0.1) is 61.5 Å². The number of methoxy groups -OCH3 is 1. The van der Waals surface area contributed by atoms with Crippen molar-refractivity contribution in [2.45, 2.75) is 84.0 Å². The summed E-state index contributed by atoms with van der Waals surface area (Å²) in [5, 5.41) is 11.8. The first-order valence-corrected chi connectivity index (χ1v) is 22.6. The molecule has 0 aromatic heterocycles. The lowest BCUT2D eigenvalue weighted by atomic mass is 10.1. The number of imide groups is 1. The van der Waals surface area contributed by atoms with Gasteiger partial charge in [-0.3, -0.25) is 38.7 Å². The minimum atomic E-state index is -1.59. The lowest BCUT2D eigenvalue weighted by Crippen LogP contribution is -2.50. The Balaban J connectivity index is 0.954. The molecule has 68 heavy (non-hydrogen) atoms. The normalized spacial score (nSPS) is 19.5. The second-order valence-electron chi connectivity index (χ2n) is 16.7. The Kier molecular flexibility index (Phi) is 15.8. The van der Waals surface area contributed by atoms with Gasteiger partial charge in [-0.2, -0.15) is 0 Å². The van der Waals surface area contributed by atoms with E-state index in [1.807, 2.05) is 45.2 Å². The summed E-state index contributed by atoms with van der Waals surface area (Å²) in [4.78, 5) is 99.7. The van der Waals surface area contributed by atoms with Crippen LogP contribution in [0.25, 0.3) is 0 Å². The zero-order valence-electron chi connectivity index (χ0n) is 38.5. The Morgan fingerprint density at radius 1 is 0.765 bits per heavy atom. The van der Waals surface area contributed by atoms with E-state index in [9.17, 15) is 38.7 Å². The molecular weight excluding hydrogens is 879 g/mol. The first kappa shape index (κ1) is 48.7. The van der Waals surface area contributed by atoms with Crippen LogP contribution in [0.15, 0.2) is 89.3 Å². The van der Waals surface area contributed by atoms with Crippen molar-refractivity contribution in [3.05, 3.63) is 101 Å². The van der Waals surface area contributed by atoms with E-state index in [0.717, 1.165) is 38.7 Å². The van der Waals surface area contributed by atoms with Crippen molar-refractivity contribution in [1.82, 2.24) is 14.7 Å². The van der Waals surface area contributed by atoms with E-state index < -0.39 is 48.5 Å². The summed E-state index contributed by atoms with van der Waals surface area (Å²) >= 11 is 0. The fraction of sp³-hybridized carbons (Fsp3) is 0.400. The quantitative estimate of drug-likeness (QED) is 0.116. The molecule has 2 aromatic rings. The second-order valence-corrected chi connectivity index (χ2v) is 16.7. The number of aryl methyl sites for hydroxylation is 1. The number of benzene rings is 2. The van der Waals surface area contributed by atoms with Crippen LogP contribution in [-0.2, 0) is 28.7 Å². The average Bonchev–Trinajstić information content (AvgIpc) is 4.00. The molecule has 7 rings (SSSR count). The van der Waals surface area contributed by atoms with Crippen molar-refractivity contribution >= 4 is 58.9 Å². The molecule has 5 amide bonds. The molecule has 0 spiro atoms. The number of allylic oxidation sites excluding steroid dienone is 4. The average molecular weight is 934 g/mol. The van der Waals surface area contributed by atoms with Crippen LogP contribution >= 0.6 is 0 Å². The number of rotatable bonds is 21. The van der Waals surface area contributed by atoms with Crippen LogP contribution in [-0.4, -0.2) is 132 Å². The summed E-state index contributed by atoms with van der Waals surface area (Å²) in [6.45, 7) is 5.51. The summed E-state index contributed by atoms with van der Waals surface area (Å²) < 4.78 is 28.9. The number of aliphatic hydroxyl groups excluding tert-OH is 1. The zero-order valence-corrected chi connectivity index (χ0v) is 38.5. The predicted molar refractivity (Wildman–Crippen MR) is 248 cm³/mol. The van der Waals surface area contributed by atoms with E-state index in [0.29, 0.717) is 36.3 Å². The van der Waals surface area contributed by atoms with Gasteiger partial charge in [-0.15, -0.1) is 0 Å². The lowest BCUT2D eigenvalue weighted by Gasteiger charge is -2.31. The molecule has 2 aromatic carbocycles. The Morgan fingerprint density at radius 2 is 1.46 bits per heavy atom.